The average molecular weight is 354 g/mol. The maximum Gasteiger partial charge on any atom is 0.184 e. The number of methoxy groups -OCH3 is 1. The zero-order chi connectivity index (χ0) is 12.6. The van der Waals surface area contributed by atoms with E-state index in [1.165, 1.54) is 7.11 Å². The van der Waals surface area contributed by atoms with Gasteiger partial charge in [0.2, 0.25) is 0 Å². The Morgan fingerprint density at radius 2 is 1.81 bits per heavy atom. The standard InChI is InChI=1S/C11H15IO3S/c1-11(2,3)16(13,14)10-7-8(15-4)5-6-9(10)12/h5-7H,1-4H3. The van der Waals surface area contributed by atoms with Crippen molar-refractivity contribution in [3.05, 3.63) is 21.8 Å². The Balaban J connectivity index is 3.44. The molecule has 0 radical (unpaired) electrons. The predicted octanol–water partition coefficient (Wildman–Crippen LogP) is 2.87. The lowest BCUT2D eigenvalue weighted by atomic mass is 10.3. The molecule has 0 spiro atoms. The van der Waals surface area contributed by atoms with E-state index in [0.29, 0.717) is 14.2 Å². The van der Waals surface area contributed by atoms with Crippen LogP contribution in [-0.2, 0) is 9.84 Å². The van der Waals surface area contributed by atoms with Crippen LogP contribution in [0, 0.1) is 3.57 Å². The highest BCUT2D eigenvalue weighted by atomic mass is 127. The second kappa shape index (κ2) is 4.52. The minimum absolute atomic E-state index is 0.333. The van der Waals surface area contributed by atoms with E-state index in [0.717, 1.165) is 0 Å². The van der Waals surface area contributed by atoms with Gasteiger partial charge < -0.3 is 4.74 Å². The summed E-state index contributed by atoms with van der Waals surface area (Å²) in [5, 5.41) is 0. The quantitative estimate of drug-likeness (QED) is 0.767. The van der Waals surface area contributed by atoms with Crippen LogP contribution in [0.1, 0.15) is 20.8 Å². The molecule has 0 N–H and O–H groups in total. The maximum absolute atomic E-state index is 12.3. The monoisotopic (exact) mass is 354 g/mol. The fourth-order valence-corrected chi connectivity index (χ4v) is 3.61. The van der Waals surface area contributed by atoms with E-state index < -0.39 is 14.6 Å². The molecule has 0 saturated carbocycles. The summed E-state index contributed by atoms with van der Waals surface area (Å²) in [6.45, 7) is 5.08. The van der Waals surface area contributed by atoms with Crippen LogP contribution in [-0.4, -0.2) is 20.3 Å². The van der Waals surface area contributed by atoms with E-state index in [2.05, 4.69) is 0 Å². The Labute approximate surface area is 110 Å². The summed E-state index contributed by atoms with van der Waals surface area (Å²) in [4.78, 5) is 0.333. The molecular formula is C11H15IO3S. The van der Waals surface area contributed by atoms with E-state index in [-0.39, 0.29) is 0 Å². The van der Waals surface area contributed by atoms with E-state index >= 15 is 0 Å². The summed E-state index contributed by atoms with van der Waals surface area (Å²) < 4.78 is 29.5. The van der Waals surface area contributed by atoms with Gasteiger partial charge in [-0.1, -0.05) is 0 Å². The smallest absolute Gasteiger partial charge is 0.184 e. The summed E-state index contributed by atoms with van der Waals surface area (Å²) in [5.74, 6) is 0.559. The zero-order valence-corrected chi connectivity index (χ0v) is 12.7. The molecule has 1 rings (SSSR count). The fourth-order valence-electron chi connectivity index (χ4n) is 1.15. The number of benzene rings is 1. The Bertz CT molecular complexity index is 486. The Kier molecular flexibility index (Phi) is 3.89. The minimum Gasteiger partial charge on any atom is -0.497 e. The molecule has 0 amide bonds. The lowest BCUT2D eigenvalue weighted by molar-refractivity contribution is 0.413. The molecule has 0 bridgehead atoms. The second-order valence-electron chi connectivity index (χ2n) is 4.41. The summed E-state index contributed by atoms with van der Waals surface area (Å²) in [7, 11) is -1.80. The molecule has 0 aliphatic heterocycles. The highest BCUT2D eigenvalue weighted by Crippen LogP contribution is 2.31. The lowest BCUT2D eigenvalue weighted by Crippen LogP contribution is -2.28. The first-order valence-electron chi connectivity index (χ1n) is 4.78. The third kappa shape index (κ3) is 2.51. The van der Waals surface area contributed by atoms with Crippen molar-refractivity contribution in [1.29, 1.82) is 0 Å². The molecule has 0 saturated heterocycles. The number of halogens is 1. The van der Waals surface area contributed by atoms with Gasteiger partial charge in [0.25, 0.3) is 0 Å². The second-order valence-corrected chi connectivity index (χ2v) is 8.25. The molecule has 16 heavy (non-hydrogen) atoms. The van der Waals surface area contributed by atoms with Crippen LogP contribution in [0.15, 0.2) is 23.1 Å². The third-order valence-electron chi connectivity index (χ3n) is 2.23. The maximum atomic E-state index is 12.3. The highest BCUT2D eigenvalue weighted by Gasteiger charge is 2.32. The SMILES string of the molecule is COc1ccc(I)c(S(=O)(=O)C(C)(C)C)c1. The van der Waals surface area contributed by atoms with Crippen LogP contribution in [0.4, 0.5) is 0 Å². The molecular weight excluding hydrogens is 339 g/mol. The Morgan fingerprint density at radius 1 is 1.25 bits per heavy atom. The Hall–Kier alpha value is -0.300. The number of ether oxygens (including phenoxy) is 1. The van der Waals surface area contributed by atoms with E-state index in [1.54, 1.807) is 39.0 Å². The van der Waals surface area contributed by atoms with Crippen LogP contribution in [0.25, 0.3) is 0 Å². The van der Waals surface area contributed by atoms with Crippen molar-refractivity contribution in [2.24, 2.45) is 0 Å². The molecule has 0 fully saturated rings. The summed E-state index contributed by atoms with van der Waals surface area (Å²) in [6.07, 6.45) is 0. The van der Waals surface area contributed by atoms with Gasteiger partial charge in [-0.05, 0) is 61.6 Å². The van der Waals surface area contributed by atoms with Gasteiger partial charge in [-0.3, -0.25) is 0 Å². The van der Waals surface area contributed by atoms with Crippen LogP contribution < -0.4 is 4.74 Å². The van der Waals surface area contributed by atoms with Crippen LogP contribution in [0.2, 0.25) is 0 Å². The van der Waals surface area contributed by atoms with E-state index in [4.69, 9.17) is 4.74 Å². The van der Waals surface area contributed by atoms with Crippen LogP contribution in [0.5, 0.6) is 5.75 Å². The summed E-state index contributed by atoms with van der Waals surface area (Å²) in [5.41, 5.74) is 0. The van der Waals surface area contributed by atoms with Crippen molar-refractivity contribution < 1.29 is 13.2 Å². The zero-order valence-electron chi connectivity index (χ0n) is 9.74. The minimum atomic E-state index is -3.33. The number of sulfone groups is 1. The Morgan fingerprint density at radius 3 is 2.25 bits per heavy atom. The molecule has 0 unspecified atom stereocenters. The van der Waals surface area contributed by atoms with Crippen molar-refractivity contribution in [2.45, 2.75) is 30.4 Å². The van der Waals surface area contributed by atoms with E-state index in [1.807, 2.05) is 22.6 Å². The van der Waals surface area contributed by atoms with Crippen molar-refractivity contribution >= 4 is 32.4 Å². The largest absolute Gasteiger partial charge is 0.497 e. The number of rotatable bonds is 2. The van der Waals surface area contributed by atoms with E-state index in [9.17, 15) is 8.42 Å². The molecule has 5 heteroatoms. The molecule has 90 valence electrons. The predicted molar refractivity (Wildman–Crippen MR) is 72.6 cm³/mol. The molecule has 0 aromatic heterocycles. The van der Waals surface area contributed by atoms with Crippen molar-refractivity contribution in [2.75, 3.05) is 7.11 Å². The molecule has 0 aliphatic carbocycles. The van der Waals surface area contributed by atoms with Gasteiger partial charge in [0.05, 0.1) is 16.8 Å². The molecule has 1 aromatic rings. The lowest BCUT2D eigenvalue weighted by Gasteiger charge is -2.20. The molecule has 0 aliphatic rings. The van der Waals surface area contributed by atoms with Gasteiger partial charge in [-0.2, -0.15) is 0 Å². The fraction of sp³-hybridized carbons (Fsp3) is 0.455. The third-order valence-corrected chi connectivity index (χ3v) is 6.07. The molecule has 3 nitrogen and oxygen atoms in total. The highest BCUT2D eigenvalue weighted by molar-refractivity contribution is 14.1. The summed E-state index contributed by atoms with van der Waals surface area (Å²) >= 11 is 2.02. The normalized spacial score (nSPS) is 12.6. The van der Waals surface area contributed by atoms with Crippen LogP contribution >= 0.6 is 22.6 Å². The van der Waals surface area contributed by atoms with Gasteiger partial charge >= 0.3 is 0 Å². The van der Waals surface area contributed by atoms with Crippen LogP contribution in [0.3, 0.4) is 0 Å². The van der Waals surface area contributed by atoms with Gasteiger partial charge in [0.1, 0.15) is 5.75 Å². The van der Waals surface area contributed by atoms with Gasteiger partial charge in [0.15, 0.2) is 9.84 Å². The van der Waals surface area contributed by atoms with Gasteiger partial charge in [0, 0.05) is 3.57 Å². The van der Waals surface area contributed by atoms with Gasteiger partial charge in [-0.25, -0.2) is 8.42 Å². The number of hydrogen-bond donors (Lipinski definition) is 0. The van der Waals surface area contributed by atoms with Crippen molar-refractivity contribution in [1.82, 2.24) is 0 Å². The molecule has 0 heterocycles. The average Bonchev–Trinajstić information content (AvgIpc) is 2.16. The first kappa shape index (κ1) is 13.8. The first-order chi connectivity index (χ1) is 7.20. The molecule has 0 atom stereocenters. The van der Waals surface area contributed by atoms with Crippen molar-refractivity contribution in [3.8, 4) is 5.75 Å². The first-order valence-corrected chi connectivity index (χ1v) is 7.34. The number of hydrogen-bond acceptors (Lipinski definition) is 3. The van der Waals surface area contributed by atoms with Gasteiger partial charge in [-0.15, -0.1) is 0 Å². The molecule has 1 aromatic carbocycles. The summed E-state index contributed by atoms with van der Waals surface area (Å²) in [6, 6.07) is 5.07. The topological polar surface area (TPSA) is 43.4 Å². The van der Waals surface area contributed by atoms with Crippen molar-refractivity contribution in [3.63, 3.8) is 0 Å².